The summed E-state index contributed by atoms with van der Waals surface area (Å²) < 4.78 is 38.9. The van der Waals surface area contributed by atoms with Gasteiger partial charge in [-0.15, -0.1) is 0 Å². The fourth-order valence-electron chi connectivity index (χ4n) is 1.93. The standard InChI is InChI=1S/C17H13BrF3NS/c1-16(2,10-22)11-3-5-14(6-4-11)23-15-8-12(17(19,20)21)7-13(18)9-15/h3-9H,1-2H3. The van der Waals surface area contributed by atoms with E-state index in [2.05, 4.69) is 22.0 Å². The van der Waals surface area contributed by atoms with Crippen molar-refractivity contribution in [3.63, 3.8) is 0 Å². The molecule has 0 bridgehead atoms. The first kappa shape index (κ1) is 17.9. The molecule has 6 heteroatoms. The number of nitriles is 1. The van der Waals surface area contributed by atoms with Crippen molar-refractivity contribution >= 4 is 27.7 Å². The molecule has 0 amide bonds. The molecule has 0 aliphatic rings. The zero-order valence-electron chi connectivity index (χ0n) is 12.4. The maximum Gasteiger partial charge on any atom is 0.416 e. The van der Waals surface area contributed by atoms with Gasteiger partial charge in [0.15, 0.2) is 0 Å². The molecule has 0 aromatic heterocycles. The molecule has 2 aromatic rings. The lowest BCUT2D eigenvalue weighted by Crippen LogP contribution is -2.13. The Morgan fingerprint density at radius 1 is 0.957 bits per heavy atom. The summed E-state index contributed by atoms with van der Waals surface area (Å²) in [5.41, 5.74) is -0.409. The quantitative estimate of drug-likeness (QED) is 0.594. The van der Waals surface area contributed by atoms with E-state index >= 15 is 0 Å². The monoisotopic (exact) mass is 399 g/mol. The highest BCUT2D eigenvalue weighted by Crippen LogP contribution is 2.37. The van der Waals surface area contributed by atoms with Crippen LogP contribution in [0.2, 0.25) is 0 Å². The van der Waals surface area contributed by atoms with Crippen molar-refractivity contribution in [2.24, 2.45) is 0 Å². The molecule has 0 unspecified atom stereocenters. The van der Waals surface area contributed by atoms with Crippen molar-refractivity contribution in [3.8, 4) is 6.07 Å². The number of nitrogens with zero attached hydrogens (tertiary/aromatic N) is 1. The van der Waals surface area contributed by atoms with Gasteiger partial charge in [-0.3, -0.25) is 0 Å². The average molecular weight is 400 g/mol. The molecule has 23 heavy (non-hydrogen) atoms. The molecule has 0 atom stereocenters. The number of hydrogen-bond acceptors (Lipinski definition) is 2. The fraction of sp³-hybridized carbons (Fsp3) is 0.235. The van der Waals surface area contributed by atoms with Gasteiger partial charge in [0.2, 0.25) is 0 Å². The molecule has 0 radical (unpaired) electrons. The summed E-state index contributed by atoms with van der Waals surface area (Å²) in [7, 11) is 0. The molecule has 0 saturated carbocycles. The number of alkyl halides is 3. The molecule has 120 valence electrons. The van der Waals surface area contributed by atoms with Gasteiger partial charge in [0.05, 0.1) is 17.0 Å². The number of rotatable bonds is 3. The van der Waals surface area contributed by atoms with E-state index in [9.17, 15) is 13.2 Å². The minimum Gasteiger partial charge on any atom is -0.197 e. The predicted molar refractivity (Wildman–Crippen MR) is 88.3 cm³/mol. The highest BCUT2D eigenvalue weighted by atomic mass is 79.9. The Bertz CT molecular complexity index is 746. The molecule has 1 nitrogen and oxygen atoms in total. The molecule has 0 spiro atoms. The summed E-state index contributed by atoms with van der Waals surface area (Å²) in [6.07, 6.45) is -4.38. The molecule has 2 aromatic carbocycles. The van der Waals surface area contributed by atoms with E-state index in [0.29, 0.717) is 9.37 Å². The van der Waals surface area contributed by atoms with Crippen LogP contribution in [0.1, 0.15) is 25.0 Å². The minimum absolute atomic E-state index is 0.386. The van der Waals surface area contributed by atoms with E-state index in [4.69, 9.17) is 5.26 Å². The minimum atomic E-state index is -4.38. The lowest BCUT2D eigenvalue weighted by molar-refractivity contribution is -0.137. The maximum absolute atomic E-state index is 12.8. The topological polar surface area (TPSA) is 23.8 Å². The molecular weight excluding hydrogens is 387 g/mol. The summed E-state index contributed by atoms with van der Waals surface area (Å²) in [6.45, 7) is 3.64. The van der Waals surface area contributed by atoms with E-state index in [0.717, 1.165) is 22.6 Å². The molecule has 0 N–H and O–H groups in total. The second-order valence-electron chi connectivity index (χ2n) is 5.54. The summed E-state index contributed by atoms with van der Waals surface area (Å²) in [5.74, 6) is 0. The second-order valence-corrected chi connectivity index (χ2v) is 7.60. The van der Waals surface area contributed by atoms with Crippen LogP contribution in [0.3, 0.4) is 0 Å². The van der Waals surface area contributed by atoms with Crippen LogP contribution in [-0.4, -0.2) is 0 Å². The van der Waals surface area contributed by atoms with E-state index in [1.807, 2.05) is 38.1 Å². The highest BCUT2D eigenvalue weighted by molar-refractivity contribution is 9.10. The van der Waals surface area contributed by atoms with Gasteiger partial charge in [-0.2, -0.15) is 18.4 Å². The van der Waals surface area contributed by atoms with Crippen LogP contribution in [0.25, 0.3) is 0 Å². The van der Waals surface area contributed by atoms with Crippen molar-refractivity contribution < 1.29 is 13.2 Å². The molecular formula is C17H13BrF3NS. The molecule has 0 aliphatic carbocycles. The first-order chi connectivity index (χ1) is 10.6. The molecule has 0 aliphatic heterocycles. The lowest BCUT2D eigenvalue weighted by atomic mass is 9.87. The summed E-state index contributed by atoms with van der Waals surface area (Å²) in [4.78, 5) is 1.31. The van der Waals surface area contributed by atoms with Gasteiger partial charge in [-0.25, -0.2) is 0 Å². The Morgan fingerprint density at radius 2 is 1.57 bits per heavy atom. The van der Waals surface area contributed by atoms with Gasteiger partial charge in [0, 0.05) is 14.3 Å². The Hall–Kier alpha value is -1.45. The van der Waals surface area contributed by atoms with Gasteiger partial charge >= 0.3 is 6.18 Å². The SMILES string of the molecule is CC(C)(C#N)c1ccc(Sc2cc(Br)cc(C(F)(F)F)c2)cc1. The average Bonchev–Trinajstić information content (AvgIpc) is 2.46. The lowest BCUT2D eigenvalue weighted by Gasteiger charge is -2.16. The van der Waals surface area contributed by atoms with Gasteiger partial charge in [-0.1, -0.05) is 39.8 Å². The van der Waals surface area contributed by atoms with E-state index in [-0.39, 0.29) is 0 Å². The second kappa shape index (κ2) is 6.58. The zero-order chi connectivity index (χ0) is 17.3. The van der Waals surface area contributed by atoms with Gasteiger partial charge in [0.1, 0.15) is 0 Å². The Morgan fingerprint density at radius 3 is 2.09 bits per heavy atom. The van der Waals surface area contributed by atoms with Crippen molar-refractivity contribution in [1.29, 1.82) is 5.26 Å². The molecule has 0 saturated heterocycles. The first-order valence-electron chi connectivity index (χ1n) is 6.69. The van der Waals surface area contributed by atoms with Gasteiger partial charge in [0.25, 0.3) is 0 Å². The maximum atomic E-state index is 12.8. The van der Waals surface area contributed by atoms with Crippen molar-refractivity contribution in [3.05, 3.63) is 58.1 Å². The third-order valence-corrected chi connectivity index (χ3v) is 4.73. The van der Waals surface area contributed by atoms with Crippen LogP contribution < -0.4 is 0 Å². The third-order valence-electron chi connectivity index (χ3n) is 3.29. The zero-order valence-corrected chi connectivity index (χ0v) is 14.8. The Balaban J connectivity index is 2.27. The van der Waals surface area contributed by atoms with Crippen LogP contribution in [0.5, 0.6) is 0 Å². The smallest absolute Gasteiger partial charge is 0.197 e. The van der Waals surface area contributed by atoms with Crippen molar-refractivity contribution in [2.45, 2.75) is 35.2 Å². The van der Waals surface area contributed by atoms with E-state index in [1.165, 1.54) is 11.8 Å². The number of benzene rings is 2. The van der Waals surface area contributed by atoms with Crippen LogP contribution in [0.4, 0.5) is 13.2 Å². The van der Waals surface area contributed by atoms with Crippen LogP contribution in [0.15, 0.2) is 56.7 Å². The first-order valence-corrected chi connectivity index (χ1v) is 8.30. The molecule has 0 fully saturated rings. The Kier molecular flexibility index (Phi) is 5.12. The van der Waals surface area contributed by atoms with E-state index < -0.39 is 17.2 Å². The normalized spacial score (nSPS) is 12.0. The third kappa shape index (κ3) is 4.52. The van der Waals surface area contributed by atoms with Crippen LogP contribution in [0, 0.1) is 11.3 Å². The molecule has 0 heterocycles. The largest absolute Gasteiger partial charge is 0.416 e. The van der Waals surface area contributed by atoms with Gasteiger partial charge < -0.3 is 0 Å². The summed E-state index contributed by atoms with van der Waals surface area (Å²) in [6, 6.07) is 13.3. The Labute approximate surface area is 145 Å². The summed E-state index contributed by atoms with van der Waals surface area (Å²) >= 11 is 4.36. The van der Waals surface area contributed by atoms with Crippen molar-refractivity contribution in [2.75, 3.05) is 0 Å². The number of hydrogen-bond donors (Lipinski definition) is 0. The molecule has 2 rings (SSSR count). The van der Waals surface area contributed by atoms with Crippen LogP contribution in [-0.2, 0) is 11.6 Å². The predicted octanol–water partition coefficient (Wildman–Crippen LogP) is 6.42. The van der Waals surface area contributed by atoms with E-state index in [1.54, 1.807) is 6.07 Å². The van der Waals surface area contributed by atoms with Crippen LogP contribution >= 0.6 is 27.7 Å². The number of halogens is 4. The highest BCUT2D eigenvalue weighted by Gasteiger charge is 2.31. The summed E-state index contributed by atoms with van der Waals surface area (Å²) in [5, 5.41) is 9.12. The fourth-order valence-corrected chi connectivity index (χ4v) is 3.49. The van der Waals surface area contributed by atoms with Gasteiger partial charge in [-0.05, 0) is 49.7 Å². The van der Waals surface area contributed by atoms with Crippen molar-refractivity contribution in [1.82, 2.24) is 0 Å².